The third kappa shape index (κ3) is 3.42. The minimum atomic E-state index is -3.49. The minimum Gasteiger partial charge on any atom is -0.315 e. The predicted molar refractivity (Wildman–Crippen MR) is 77.0 cm³/mol. The van der Waals surface area contributed by atoms with Crippen LogP contribution < -0.4 is 10.0 Å². The van der Waals surface area contributed by atoms with Gasteiger partial charge in [0.15, 0.2) is 0 Å². The molecular formula is C11H17N5O2S2. The number of nitrogens with zero attached hydrogens (tertiary/aromatic N) is 3. The van der Waals surface area contributed by atoms with Crippen LogP contribution in [0.1, 0.15) is 10.4 Å². The van der Waals surface area contributed by atoms with Crippen LogP contribution in [0.4, 0.5) is 0 Å². The molecule has 2 N–H and O–H groups in total. The van der Waals surface area contributed by atoms with Crippen LogP contribution in [0.3, 0.4) is 0 Å². The van der Waals surface area contributed by atoms with Gasteiger partial charge in [-0.1, -0.05) is 5.21 Å². The van der Waals surface area contributed by atoms with Crippen LogP contribution in [-0.4, -0.2) is 37.0 Å². The molecule has 9 heteroatoms. The number of sulfonamides is 1. The van der Waals surface area contributed by atoms with Gasteiger partial charge in [-0.05, 0) is 24.9 Å². The summed E-state index contributed by atoms with van der Waals surface area (Å²) in [5.74, 6) is 0. The molecule has 2 heterocycles. The third-order valence-corrected chi connectivity index (χ3v) is 5.62. The molecule has 0 aliphatic carbocycles. The fourth-order valence-corrected chi connectivity index (χ4v) is 4.69. The lowest BCUT2D eigenvalue weighted by Crippen LogP contribution is -2.28. The highest BCUT2D eigenvalue weighted by atomic mass is 32.2. The van der Waals surface area contributed by atoms with Gasteiger partial charge >= 0.3 is 0 Å². The Morgan fingerprint density at radius 1 is 1.45 bits per heavy atom. The first-order chi connectivity index (χ1) is 9.54. The average molecular weight is 315 g/mol. The van der Waals surface area contributed by atoms with Crippen LogP contribution in [0, 0.1) is 6.92 Å². The van der Waals surface area contributed by atoms with E-state index >= 15 is 0 Å². The fourth-order valence-electron chi connectivity index (χ4n) is 1.85. The molecule has 0 atom stereocenters. The molecule has 0 spiro atoms. The highest BCUT2D eigenvalue weighted by Crippen LogP contribution is 2.26. The zero-order valence-electron chi connectivity index (χ0n) is 11.3. The normalized spacial score (nSPS) is 11.9. The molecule has 0 bridgehead atoms. The molecule has 0 aliphatic heterocycles. The molecule has 110 valence electrons. The number of thiophene rings is 1. The van der Waals surface area contributed by atoms with Gasteiger partial charge < -0.3 is 5.32 Å². The summed E-state index contributed by atoms with van der Waals surface area (Å²) in [5, 5.41) is 12.3. The monoisotopic (exact) mass is 315 g/mol. The molecule has 2 aromatic rings. The first kappa shape index (κ1) is 15.1. The quantitative estimate of drug-likeness (QED) is 0.769. The molecule has 0 fully saturated rings. The smallest absolute Gasteiger partial charge is 0.242 e. The number of hydrogen-bond donors (Lipinski definition) is 2. The first-order valence-corrected chi connectivity index (χ1v) is 8.46. The number of aryl methyl sites for hydroxylation is 1. The Morgan fingerprint density at radius 3 is 2.90 bits per heavy atom. The molecule has 0 unspecified atom stereocenters. The third-order valence-electron chi connectivity index (χ3n) is 2.70. The second kappa shape index (κ2) is 6.44. The van der Waals surface area contributed by atoms with Gasteiger partial charge in [-0.3, -0.25) is 4.68 Å². The zero-order chi connectivity index (χ0) is 14.6. The molecule has 20 heavy (non-hydrogen) atoms. The zero-order valence-corrected chi connectivity index (χ0v) is 13.0. The summed E-state index contributed by atoms with van der Waals surface area (Å²) in [6.07, 6.45) is 3.25. The predicted octanol–water partition coefficient (Wildman–Crippen LogP) is 0.346. The molecular weight excluding hydrogens is 298 g/mol. The van der Waals surface area contributed by atoms with E-state index in [0.29, 0.717) is 18.0 Å². The van der Waals surface area contributed by atoms with Crippen LogP contribution in [-0.2, 0) is 23.1 Å². The topological polar surface area (TPSA) is 88.9 Å². The Morgan fingerprint density at radius 2 is 2.25 bits per heavy atom. The summed E-state index contributed by atoms with van der Waals surface area (Å²) in [6, 6.07) is 0. The maximum Gasteiger partial charge on any atom is 0.242 e. The van der Waals surface area contributed by atoms with Gasteiger partial charge in [-0.25, -0.2) is 13.1 Å². The van der Waals surface area contributed by atoms with Crippen molar-refractivity contribution in [3.8, 4) is 0 Å². The highest BCUT2D eigenvalue weighted by Gasteiger charge is 2.22. The van der Waals surface area contributed by atoms with Gasteiger partial charge in [0.25, 0.3) is 0 Å². The van der Waals surface area contributed by atoms with Crippen LogP contribution >= 0.6 is 11.3 Å². The second-order valence-corrected chi connectivity index (χ2v) is 6.93. The molecule has 2 rings (SSSR count). The summed E-state index contributed by atoms with van der Waals surface area (Å²) < 4.78 is 28.9. The molecule has 0 radical (unpaired) electrons. The fraction of sp³-hybridized carbons (Fsp3) is 0.455. The molecule has 0 saturated carbocycles. The number of hydrogen-bond acceptors (Lipinski definition) is 6. The van der Waals surface area contributed by atoms with E-state index in [0.717, 1.165) is 10.4 Å². The van der Waals surface area contributed by atoms with Crippen LogP contribution in [0.2, 0.25) is 0 Å². The van der Waals surface area contributed by atoms with E-state index in [1.165, 1.54) is 11.3 Å². The molecule has 0 aromatic carbocycles. The maximum atomic E-state index is 12.4. The second-order valence-electron chi connectivity index (χ2n) is 4.27. The summed E-state index contributed by atoms with van der Waals surface area (Å²) in [6.45, 7) is 3.07. The van der Waals surface area contributed by atoms with E-state index < -0.39 is 10.0 Å². The molecule has 2 aromatic heterocycles. The summed E-state index contributed by atoms with van der Waals surface area (Å²) in [4.78, 5) is 1.20. The van der Waals surface area contributed by atoms with Crippen LogP contribution in [0.5, 0.6) is 0 Å². The van der Waals surface area contributed by atoms with Crippen molar-refractivity contribution >= 4 is 21.4 Å². The van der Waals surface area contributed by atoms with E-state index in [2.05, 4.69) is 20.4 Å². The van der Waals surface area contributed by atoms with Crippen molar-refractivity contribution in [3.63, 3.8) is 0 Å². The van der Waals surface area contributed by atoms with E-state index in [4.69, 9.17) is 0 Å². The van der Waals surface area contributed by atoms with Crippen molar-refractivity contribution < 1.29 is 8.42 Å². The average Bonchev–Trinajstić information content (AvgIpc) is 3.00. The number of nitrogens with one attached hydrogen (secondary N) is 2. The van der Waals surface area contributed by atoms with Crippen LogP contribution in [0.15, 0.2) is 22.7 Å². The maximum absolute atomic E-state index is 12.4. The van der Waals surface area contributed by atoms with Crippen LogP contribution in [0.25, 0.3) is 0 Å². The van der Waals surface area contributed by atoms with Gasteiger partial charge in [0.05, 0.1) is 12.7 Å². The van der Waals surface area contributed by atoms with E-state index in [-0.39, 0.29) is 6.54 Å². The molecule has 0 aliphatic rings. The Hall–Kier alpha value is -1.29. The Labute approximate surface area is 122 Å². The van der Waals surface area contributed by atoms with Gasteiger partial charge in [0.2, 0.25) is 10.0 Å². The van der Waals surface area contributed by atoms with Crippen molar-refractivity contribution in [2.24, 2.45) is 0 Å². The summed E-state index contributed by atoms with van der Waals surface area (Å²) >= 11 is 1.45. The van der Waals surface area contributed by atoms with Gasteiger partial charge in [-0.15, -0.1) is 16.4 Å². The van der Waals surface area contributed by atoms with Crippen molar-refractivity contribution in [1.29, 1.82) is 0 Å². The number of aromatic nitrogens is 3. The Balaban J connectivity index is 2.08. The largest absolute Gasteiger partial charge is 0.315 e. The molecule has 0 saturated heterocycles. The van der Waals surface area contributed by atoms with Gasteiger partial charge in [0, 0.05) is 24.2 Å². The summed E-state index contributed by atoms with van der Waals surface area (Å²) in [7, 11) is -1.70. The van der Waals surface area contributed by atoms with Crippen molar-refractivity contribution in [3.05, 3.63) is 28.2 Å². The minimum absolute atomic E-state index is 0.278. The van der Waals surface area contributed by atoms with E-state index in [1.54, 1.807) is 24.1 Å². The lowest BCUT2D eigenvalue weighted by Gasteiger charge is -2.09. The van der Waals surface area contributed by atoms with Gasteiger partial charge in [0.1, 0.15) is 4.90 Å². The van der Waals surface area contributed by atoms with Crippen molar-refractivity contribution in [2.45, 2.75) is 24.9 Å². The lowest BCUT2D eigenvalue weighted by atomic mass is 10.3. The lowest BCUT2D eigenvalue weighted by molar-refractivity contribution is 0.552. The standard InChI is InChI=1S/C11H17N5O2S2/c1-9-8-19-10(7-12-2)11(9)20(17,18)14-4-6-16-5-3-13-15-16/h3,5,8,12,14H,4,6-7H2,1-2H3. The number of rotatable bonds is 7. The van der Waals surface area contributed by atoms with E-state index in [9.17, 15) is 8.42 Å². The first-order valence-electron chi connectivity index (χ1n) is 6.10. The van der Waals surface area contributed by atoms with Gasteiger partial charge in [-0.2, -0.15) is 0 Å². The Bertz CT molecular complexity index is 648. The van der Waals surface area contributed by atoms with Crippen molar-refractivity contribution in [1.82, 2.24) is 25.0 Å². The molecule has 0 amide bonds. The highest BCUT2D eigenvalue weighted by molar-refractivity contribution is 7.89. The van der Waals surface area contributed by atoms with Crippen molar-refractivity contribution in [2.75, 3.05) is 13.6 Å². The summed E-state index contributed by atoms with van der Waals surface area (Å²) in [5.41, 5.74) is 0.772. The van der Waals surface area contributed by atoms with E-state index in [1.807, 2.05) is 12.3 Å². The molecule has 7 nitrogen and oxygen atoms in total. The Kier molecular flexibility index (Phi) is 4.86. The SMILES string of the molecule is CNCc1scc(C)c1S(=O)(=O)NCCn1ccnn1.